The van der Waals surface area contributed by atoms with Crippen LogP contribution in [0.2, 0.25) is 5.02 Å². The monoisotopic (exact) mass is 279 g/mol. The van der Waals surface area contributed by atoms with Crippen molar-refractivity contribution in [2.45, 2.75) is 13.5 Å². The number of carbonyl (C=O) groups is 1. The first kappa shape index (κ1) is 13.5. The Morgan fingerprint density at radius 2 is 2.11 bits per heavy atom. The van der Waals surface area contributed by atoms with Crippen molar-refractivity contribution in [3.05, 3.63) is 52.4 Å². The number of nitrogens with zero attached hydrogens (tertiary/aromatic N) is 1. The van der Waals surface area contributed by atoms with E-state index in [2.05, 4.69) is 0 Å². The fourth-order valence-electron chi connectivity index (χ4n) is 1.96. The average Bonchev–Trinajstić information content (AvgIpc) is 2.74. The van der Waals surface area contributed by atoms with Crippen LogP contribution < -0.4 is 4.90 Å². The van der Waals surface area contributed by atoms with Crippen molar-refractivity contribution in [2.75, 3.05) is 11.9 Å². The summed E-state index contributed by atoms with van der Waals surface area (Å²) in [6, 6.07) is 8.57. The Balaban J connectivity index is 2.32. The van der Waals surface area contributed by atoms with Crippen molar-refractivity contribution in [3.63, 3.8) is 0 Å². The fourth-order valence-corrected chi connectivity index (χ4v) is 2.28. The maximum atomic E-state index is 11.2. The van der Waals surface area contributed by atoms with Crippen LogP contribution in [0.15, 0.2) is 34.7 Å². The van der Waals surface area contributed by atoms with E-state index in [0.29, 0.717) is 17.3 Å². The summed E-state index contributed by atoms with van der Waals surface area (Å²) in [6.45, 7) is 2.32. The fraction of sp³-hybridized carbons (Fsp3) is 0.214. The summed E-state index contributed by atoms with van der Waals surface area (Å²) in [5.41, 5.74) is 0.670. The molecule has 0 radical (unpaired) electrons. The van der Waals surface area contributed by atoms with Crippen molar-refractivity contribution in [3.8, 4) is 0 Å². The second-order valence-electron chi connectivity index (χ2n) is 4.31. The van der Waals surface area contributed by atoms with Gasteiger partial charge in [0.05, 0.1) is 22.8 Å². The van der Waals surface area contributed by atoms with Crippen molar-refractivity contribution in [2.24, 2.45) is 0 Å². The van der Waals surface area contributed by atoms with Gasteiger partial charge in [0.2, 0.25) is 0 Å². The van der Waals surface area contributed by atoms with E-state index in [-0.39, 0.29) is 5.56 Å². The average molecular weight is 280 g/mol. The molecule has 0 fully saturated rings. The molecular formula is C14H14ClNO3. The van der Waals surface area contributed by atoms with E-state index in [0.717, 1.165) is 11.5 Å². The zero-order valence-electron chi connectivity index (χ0n) is 10.7. The number of carboxylic acids is 1. The molecule has 0 aliphatic heterocycles. The summed E-state index contributed by atoms with van der Waals surface area (Å²) in [5, 5.41) is 9.61. The quantitative estimate of drug-likeness (QED) is 0.929. The van der Waals surface area contributed by atoms with Crippen LogP contribution in [-0.4, -0.2) is 18.1 Å². The molecule has 0 bridgehead atoms. The molecule has 0 aliphatic rings. The lowest BCUT2D eigenvalue weighted by atomic mass is 10.1. The van der Waals surface area contributed by atoms with Crippen LogP contribution in [0.1, 0.15) is 21.9 Å². The van der Waals surface area contributed by atoms with Crippen LogP contribution in [0.3, 0.4) is 0 Å². The third-order valence-corrected chi connectivity index (χ3v) is 3.09. The number of hydrogen-bond acceptors (Lipinski definition) is 3. The number of carboxylic acid groups (broad SMARTS) is 1. The summed E-state index contributed by atoms with van der Waals surface area (Å²) in [4.78, 5) is 13.0. The van der Waals surface area contributed by atoms with Gasteiger partial charge in [-0.15, -0.1) is 0 Å². The van der Waals surface area contributed by atoms with Gasteiger partial charge in [-0.2, -0.15) is 0 Å². The molecule has 2 rings (SSSR count). The zero-order valence-corrected chi connectivity index (χ0v) is 11.4. The highest BCUT2D eigenvalue weighted by Crippen LogP contribution is 2.30. The molecule has 19 heavy (non-hydrogen) atoms. The molecule has 5 heteroatoms. The van der Waals surface area contributed by atoms with Crippen LogP contribution in [0.4, 0.5) is 5.69 Å². The SMILES string of the molecule is Cc1ccc(CN(C)c2c(Cl)cccc2C(=O)O)o1. The lowest BCUT2D eigenvalue weighted by Gasteiger charge is -2.21. The van der Waals surface area contributed by atoms with Gasteiger partial charge in [-0.25, -0.2) is 4.79 Å². The summed E-state index contributed by atoms with van der Waals surface area (Å²) >= 11 is 6.10. The molecular weight excluding hydrogens is 266 g/mol. The highest BCUT2D eigenvalue weighted by atomic mass is 35.5. The van der Waals surface area contributed by atoms with E-state index in [9.17, 15) is 9.90 Å². The number of furan rings is 1. The maximum absolute atomic E-state index is 11.2. The Kier molecular flexibility index (Phi) is 3.81. The van der Waals surface area contributed by atoms with Crippen molar-refractivity contribution in [1.29, 1.82) is 0 Å². The third kappa shape index (κ3) is 2.90. The summed E-state index contributed by atoms with van der Waals surface area (Å²) in [6.07, 6.45) is 0. The molecule has 2 aromatic rings. The minimum atomic E-state index is -1.00. The predicted molar refractivity (Wildman–Crippen MR) is 74.0 cm³/mol. The van der Waals surface area contributed by atoms with Crippen molar-refractivity contribution in [1.82, 2.24) is 0 Å². The van der Waals surface area contributed by atoms with Gasteiger partial charge in [-0.05, 0) is 31.2 Å². The Hall–Kier alpha value is -1.94. The molecule has 0 spiro atoms. The van der Waals surface area contributed by atoms with Crippen LogP contribution in [-0.2, 0) is 6.54 Å². The first-order chi connectivity index (χ1) is 8.99. The van der Waals surface area contributed by atoms with E-state index in [4.69, 9.17) is 16.0 Å². The van der Waals surface area contributed by atoms with Crippen molar-refractivity contribution >= 4 is 23.3 Å². The predicted octanol–water partition coefficient (Wildman–Crippen LogP) is 3.58. The largest absolute Gasteiger partial charge is 0.478 e. The van der Waals surface area contributed by atoms with E-state index in [1.54, 1.807) is 24.1 Å². The van der Waals surface area contributed by atoms with Gasteiger partial charge in [-0.1, -0.05) is 17.7 Å². The van der Waals surface area contributed by atoms with Gasteiger partial charge in [0.15, 0.2) is 0 Å². The van der Waals surface area contributed by atoms with E-state index < -0.39 is 5.97 Å². The lowest BCUT2D eigenvalue weighted by Crippen LogP contribution is -2.19. The molecule has 0 amide bonds. The smallest absolute Gasteiger partial charge is 0.337 e. The normalized spacial score (nSPS) is 10.5. The molecule has 0 atom stereocenters. The maximum Gasteiger partial charge on any atom is 0.337 e. The van der Waals surface area contributed by atoms with Gasteiger partial charge in [0, 0.05) is 7.05 Å². The van der Waals surface area contributed by atoms with Crippen LogP contribution >= 0.6 is 11.6 Å². The second-order valence-corrected chi connectivity index (χ2v) is 4.72. The summed E-state index contributed by atoms with van der Waals surface area (Å²) in [5.74, 6) is 0.581. The standard InChI is InChI=1S/C14H14ClNO3/c1-9-6-7-10(19-9)8-16(2)13-11(14(17)18)4-3-5-12(13)15/h3-7H,8H2,1-2H3,(H,17,18). The topological polar surface area (TPSA) is 53.7 Å². The molecule has 1 aromatic heterocycles. The number of hydrogen-bond donors (Lipinski definition) is 1. The highest BCUT2D eigenvalue weighted by molar-refractivity contribution is 6.34. The van der Waals surface area contributed by atoms with Gasteiger partial charge < -0.3 is 14.4 Å². The number of para-hydroxylation sites is 1. The third-order valence-electron chi connectivity index (χ3n) is 2.79. The Labute approximate surface area is 116 Å². The lowest BCUT2D eigenvalue weighted by molar-refractivity contribution is 0.0697. The molecule has 1 aromatic carbocycles. The van der Waals surface area contributed by atoms with Crippen molar-refractivity contribution < 1.29 is 14.3 Å². The molecule has 4 nitrogen and oxygen atoms in total. The van der Waals surface area contributed by atoms with Crippen LogP contribution in [0, 0.1) is 6.92 Å². The highest BCUT2D eigenvalue weighted by Gasteiger charge is 2.17. The molecule has 1 N–H and O–H groups in total. The van der Waals surface area contributed by atoms with Gasteiger partial charge in [0.25, 0.3) is 0 Å². The Bertz CT molecular complexity index is 606. The van der Waals surface area contributed by atoms with Crippen LogP contribution in [0.5, 0.6) is 0 Å². The second kappa shape index (κ2) is 5.36. The van der Waals surface area contributed by atoms with Gasteiger partial charge in [0.1, 0.15) is 11.5 Å². The van der Waals surface area contributed by atoms with Crippen LogP contribution in [0.25, 0.3) is 0 Å². The van der Waals surface area contributed by atoms with Gasteiger partial charge in [-0.3, -0.25) is 0 Å². The number of rotatable bonds is 4. The number of anilines is 1. The summed E-state index contributed by atoms with van der Waals surface area (Å²) in [7, 11) is 1.78. The molecule has 100 valence electrons. The number of halogens is 1. The zero-order chi connectivity index (χ0) is 14.0. The van der Waals surface area contributed by atoms with E-state index in [1.165, 1.54) is 6.07 Å². The molecule has 0 aliphatic carbocycles. The first-order valence-electron chi connectivity index (χ1n) is 5.77. The van der Waals surface area contributed by atoms with E-state index in [1.807, 2.05) is 19.1 Å². The molecule has 0 saturated carbocycles. The first-order valence-corrected chi connectivity index (χ1v) is 6.15. The number of aromatic carboxylic acids is 1. The molecule has 1 heterocycles. The molecule has 0 saturated heterocycles. The number of aryl methyl sites for hydroxylation is 1. The Morgan fingerprint density at radius 3 is 2.68 bits per heavy atom. The summed E-state index contributed by atoms with van der Waals surface area (Å²) < 4.78 is 5.48. The minimum absolute atomic E-state index is 0.179. The molecule has 0 unspecified atom stereocenters. The van der Waals surface area contributed by atoms with E-state index >= 15 is 0 Å². The number of benzene rings is 1. The minimum Gasteiger partial charge on any atom is -0.478 e. The van der Waals surface area contributed by atoms with Gasteiger partial charge >= 0.3 is 5.97 Å². The Morgan fingerprint density at radius 1 is 1.37 bits per heavy atom.